The van der Waals surface area contributed by atoms with E-state index in [1.165, 1.54) is 5.69 Å². The molecule has 4 nitrogen and oxygen atoms in total. The normalized spacial score (nSPS) is 10.3. The summed E-state index contributed by atoms with van der Waals surface area (Å²) >= 11 is 0. The van der Waals surface area contributed by atoms with Crippen molar-refractivity contribution in [3.63, 3.8) is 0 Å². The van der Waals surface area contributed by atoms with Gasteiger partial charge in [-0.3, -0.25) is 4.48 Å². The molecule has 0 radical (unpaired) electrons. The molecule has 1 rings (SSSR count). The summed E-state index contributed by atoms with van der Waals surface area (Å²) in [6, 6.07) is 7.06. The van der Waals surface area contributed by atoms with Gasteiger partial charge in [0.15, 0.2) is 0 Å². The van der Waals surface area contributed by atoms with Crippen molar-refractivity contribution in [2.45, 2.75) is 0 Å². The van der Waals surface area contributed by atoms with Gasteiger partial charge in [-0.1, -0.05) is 0 Å². The number of halogens is 1. The molecule has 0 saturated heterocycles. The first-order valence-corrected chi connectivity index (χ1v) is 4.38. The number of urea groups is 1. The Balaban J connectivity index is 0.00000196. The highest BCUT2D eigenvalue weighted by Crippen LogP contribution is 2.19. The van der Waals surface area contributed by atoms with Gasteiger partial charge < -0.3 is 35.0 Å². The van der Waals surface area contributed by atoms with Gasteiger partial charge in [0.1, 0.15) is 5.69 Å². The molecule has 5 heteroatoms. The summed E-state index contributed by atoms with van der Waals surface area (Å²) in [6.45, 7) is 0. The van der Waals surface area contributed by atoms with Crippen LogP contribution in [0.25, 0.3) is 0 Å². The molecule has 1 aromatic carbocycles. The highest BCUT2D eigenvalue weighted by Gasteiger charge is 2.10. The maximum absolute atomic E-state index is 10.6. The Labute approximate surface area is 107 Å². The molecule has 0 aliphatic carbocycles. The van der Waals surface area contributed by atoms with Gasteiger partial charge in [0.25, 0.3) is 0 Å². The minimum absolute atomic E-state index is 0. The second kappa shape index (κ2) is 5.32. The number of carbonyl (C=O) groups is 1. The van der Waals surface area contributed by atoms with Gasteiger partial charge in [0.05, 0.1) is 21.1 Å². The molecule has 0 aromatic heterocycles. The number of benzene rings is 1. The molecule has 0 aliphatic rings. The third-order valence-corrected chi connectivity index (χ3v) is 1.91. The molecule has 84 valence electrons. The summed E-state index contributed by atoms with van der Waals surface area (Å²) < 4.78 is 0.747. The number of anilines is 1. The molecule has 0 unspecified atom stereocenters. The molecule has 3 N–H and O–H groups in total. The fourth-order valence-corrected chi connectivity index (χ4v) is 1.13. The summed E-state index contributed by atoms with van der Waals surface area (Å²) in [6.07, 6.45) is 0. The third-order valence-electron chi connectivity index (χ3n) is 1.91. The molecule has 0 bridgehead atoms. The predicted octanol–water partition coefficient (Wildman–Crippen LogP) is -1.62. The molecule has 0 aliphatic heterocycles. The number of amides is 2. The first-order chi connectivity index (χ1) is 6.39. The molecule has 0 fully saturated rings. The van der Waals surface area contributed by atoms with Crippen LogP contribution in [0.3, 0.4) is 0 Å². The average Bonchev–Trinajstić information content (AvgIpc) is 2.02. The van der Waals surface area contributed by atoms with E-state index in [1.54, 1.807) is 0 Å². The Morgan fingerprint density at radius 2 is 1.67 bits per heavy atom. The van der Waals surface area contributed by atoms with Crippen molar-refractivity contribution in [1.82, 2.24) is 4.48 Å². The zero-order valence-electron chi connectivity index (χ0n) is 9.12. The van der Waals surface area contributed by atoms with E-state index >= 15 is 0 Å². The highest BCUT2D eigenvalue weighted by molar-refractivity contribution is 5.87. The van der Waals surface area contributed by atoms with Crippen LogP contribution in [0.1, 0.15) is 0 Å². The van der Waals surface area contributed by atoms with E-state index in [0.29, 0.717) is 0 Å². The lowest BCUT2D eigenvalue weighted by molar-refractivity contribution is -0.00000641. The van der Waals surface area contributed by atoms with Gasteiger partial charge in [0, 0.05) is 17.8 Å². The van der Waals surface area contributed by atoms with E-state index in [0.717, 1.165) is 10.2 Å². The zero-order valence-corrected chi connectivity index (χ0v) is 11.3. The Kier molecular flexibility index (Phi) is 5.02. The summed E-state index contributed by atoms with van der Waals surface area (Å²) in [5.74, 6) is 0. The lowest BCUT2D eigenvalue weighted by atomic mass is 10.2. The van der Waals surface area contributed by atoms with Crippen molar-refractivity contribution in [3.8, 4) is 0 Å². The summed E-state index contributed by atoms with van der Waals surface area (Å²) in [5.41, 5.74) is 6.88. The first kappa shape index (κ1) is 14.2. The second-order valence-electron chi connectivity index (χ2n) is 4.05. The van der Waals surface area contributed by atoms with Gasteiger partial charge >= 0.3 is 6.03 Å². The number of nitrogens with two attached hydrogens (primary N) is 1. The maximum atomic E-state index is 10.6. The molecular weight excluding hydrogens is 305 g/mol. The van der Waals surface area contributed by atoms with Crippen LogP contribution >= 0.6 is 0 Å². The fourth-order valence-electron chi connectivity index (χ4n) is 1.13. The SMILES string of the molecule is C[N+](C)(C)c1ccc(NC(N)=O)cc1.[I-]. The predicted molar refractivity (Wildman–Crippen MR) is 59.2 cm³/mol. The second-order valence-corrected chi connectivity index (χ2v) is 4.05. The number of nitrogens with zero attached hydrogens (tertiary/aromatic N) is 1. The van der Waals surface area contributed by atoms with Crippen molar-refractivity contribution in [2.75, 3.05) is 26.5 Å². The monoisotopic (exact) mass is 321 g/mol. The van der Waals surface area contributed by atoms with Crippen molar-refractivity contribution < 1.29 is 28.8 Å². The number of nitrogens with one attached hydrogen (secondary N) is 1. The molecule has 1 aromatic rings. The lowest BCUT2D eigenvalue weighted by Crippen LogP contribution is -3.00. The zero-order chi connectivity index (χ0) is 10.8. The van der Waals surface area contributed by atoms with E-state index in [2.05, 4.69) is 26.5 Å². The smallest absolute Gasteiger partial charge is 0.316 e. The Bertz CT molecular complexity index is 330. The van der Waals surface area contributed by atoms with E-state index < -0.39 is 6.03 Å². The van der Waals surface area contributed by atoms with Crippen LogP contribution < -0.4 is 39.5 Å². The molecule has 0 saturated carbocycles. The Hall–Kier alpha value is -0.820. The minimum Gasteiger partial charge on any atom is -1.00 e. The molecule has 0 heterocycles. The highest BCUT2D eigenvalue weighted by atomic mass is 127. The third kappa shape index (κ3) is 4.48. The molecule has 0 spiro atoms. The van der Waals surface area contributed by atoms with Crippen molar-refractivity contribution in [2.24, 2.45) is 5.73 Å². The van der Waals surface area contributed by atoms with Crippen LogP contribution in [0.2, 0.25) is 0 Å². The number of carbonyl (C=O) groups excluding carboxylic acids is 1. The maximum Gasteiger partial charge on any atom is 0.316 e. The number of primary amides is 1. The quantitative estimate of drug-likeness (QED) is 0.499. The van der Waals surface area contributed by atoms with E-state index in [9.17, 15) is 4.79 Å². The molecule has 0 atom stereocenters. The van der Waals surface area contributed by atoms with Crippen LogP contribution in [-0.4, -0.2) is 27.2 Å². The van der Waals surface area contributed by atoms with Crippen LogP contribution in [0.15, 0.2) is 24.3 Å². The summed E-state index contributed by atoms with van der Waals surface area (Å²) in [7, 11) is 6.24. The summed E-state index contributed by atoms with van der Waals surface area (Å²) in [4.78, 5) is 10.6. The van der Waals surface area contributed by atoms with E-state index in [4.69, 9.17) is 5.73 Å². The number of rotatable bonds is 2. The van der Waals surface area contributed by atoms with Gasteiger partial charge in [-0.25, -0.2) is 4.79 Å². The fraction of sp³-hybridized carbons (Fsp3) is 0.300. The van der Waals surface area contributed by atoms with E-state index in [1.807, 2.05) is 24.3 Å². The Morgan fingerprint density at radius 1 is 1.20 bits per heavy atom. The molecule has 2 amide bonds. The van der Waals surface area contributed by atoms with Gasteiger partial charge in [-0.05, 0) is 12.1 Å². The lowest BCUT2D eigenvalue weighted by Gasteiger charge is -2.23. The topological polar surface area (TPSA) is 55.1 Å². The van der Waals surface area contributed by atoms with Crippen LogP contribution in [0, 0.1) is 0 Å². The van der Waals surface area contributed by atoms with Crippen LogP contribution in [-0.2, 0) is 0 Å². The van der Waals surface area contributed by atoms with Crippen LogP contribution in [0.4, 0.5) is 16.2 Å². The average molecular weight is 321 g/mol. The van der Waals surface area contributed by atoms with Gasteiger partial charge in [-0.15, -0.1) is 0 Å². The van der Waals surface area contributed by atoms with Gasteiger partial charge in [0.2, 0.25) is 0 Å². The van der Waals surface area contributed by atoms with Gasteiger partial charge in [-0.2, -0.15) is 0 Å². The van der Waals surface area contributed by atoms with Crippen molar-refractivity contribution in [1.29, 1.82) is 0 Å². The first-order valence-electron chi connectivity index (χ1n) is 4.38. The van der Waals surface area contributed by atoms with E-state index in [-0.39, 0.29) is 24.0 Å². The number of quaternary nitrogens is 1. The standard InChI is InChI=1S/C10H15N3O.HI/c1-13(2,3)9-6-4-8(5-7-9)12-10(11)14;/h4-7H,1-3H3,(H2-,11,12,14);1H. The summed E-state index contributed by atoms with van der Waals surface area (Å²) in [5, 5.41) is 2.52. The van der Waals surface area contributed by atoms with Crippen LogP contribution in [0.5, 0.6) is 0 Å². The molecule has 15 heavy (non-hydrogen) atoms. The number of hydrogen-bond acceptors (Lipinski definition) is 1. The molecular formula is C10H16IN3O. The van der Waals surface area contributed by atoms with Crippen molar-refractivity contribution in [3.05, 3.63) is 24.3 Å². The Morgan fingerprint density at radius 3 is 2.00 bits per heavy atom. The number of hydrogen-bond donors (Lipinski definition) is 2. The largest absolute Gasteiger partial charge is 1.00 e. The van der Waals surface area contributed by atoms with Crippen molar-refractivity contribution >= 4 is 17.4 Å². The minimum atomic E-state index is -0.539.